The summed E-state index contributed by atoms with van der Waals surface area (Å²) < 4.78 is 5.34. The molecule has 4 nitrogen and oxygen atoms in total. The van der Waals surface area contributed by atoms with Crippen LogP contribution in [0.4, 0.5) is 0 Å². The normalized spacial score (nSPS) is 10.8. The molecule has 0 aliphatic carbocycles. The maximum absolute atomic E-state index is 6.04. The van der Waals surface area contributed by atoms with Crippen LogP contribution in [-0.4, -0.2) is 22.3 Å². The fourth-order valence-corrected chi connectivity index (χ4v) is 3.70. The van der Waals surface area contributed by atoms with Gasteiger partial charge < -0.3 is 4.74 Å². The second-order valence-corrected chi connectivity index (χ2v) is 6.98. The monoisotopic (exact) mass is 351 g/mol. The molecule has 7 heteroatoms. The standard InChI is InChI=1S/C15H14ClN3OS2/c1-20-13-5-4-11(16)7-10(13)9-22-15-17-14(18-19-15)8-12-3-2-6-21-12/h2-7H,8-9H2,1H3,(H,17,18,19). The van der Waals surface area contributed by atoms with Crippen molar-refractivity contribution in [2.24, 2.45) is 0 Å². The number of hydrogen-bond acceptors (Lipinski definition) is 5. The number of H-pyrrole nitrogens is 1. The maximum atomic E-state index is 6.04. The van der Waals surface area contributed by atoms with E-state index in [9.17, 15) is 0 Å². The number of aromatic nitrogens is 3. The van der Waals surface area contributed by atoms with Crippen LogP contribution in [0.3, 0.4) is 0 Å². The van der Waals surface area contributed by atoms with Gasteiger partial charge in [0.25, 0.3) is 0 Å². The van der Waals surface area contributed by atoms with Crippen molar-refractivity contribution >= 4 is 34.7 Å². The van der Waals surface area contributed by atoms with Crippen LogP contribution in [0.25, 0.3) is 0 Å². The van der Waals surface area contributed by atoms with Crippen LogP contribution >= 0.6 is 34.7 Å². The molecular weight excluding hydrogens is 338 g/mol. The van der Waals surface area contributed by atoms with E-state index in [0.717, 1.165) is 28.7 Å². The molecule has 0 aliphatic rings. The first-order chi connectivity index (χ1) is 10.7. The van der Waals surface area contributed by atoms with Gasteiger partial charge in [0.2, 0.25) is 5.16 Å². The highest BCUT2D eigenvalue weighted by molar-refractivity contribution is 7.98. The summed E-state index contributed by atoms with van der Waals surface area (Å²) in [5.74, 6) is 2.41. The zero-order valence-electron chi connectivity index (χ0n) is 11.9. The van der Waals surface area contributed by atoms with E-state index in [2.05, 4.69) is 26.6 Å². The average Bonchev–Trinajstić information content (AvgIpc) is 3.18. The number of nitrogens with zero attached hydrogens (tertiary/aromatic N) is 2. The molecule has 3 aromatic rings. The van der Waals surface area contributed by atoms with Gasteiger partial charge in [0, 0.05) is 27.6 Å². The van der Waals surface area contributed by atoms with Gasteiger partial charge in [-0.1, -0.05) is 29.4 Å². The van der Waals surface area contributed by atoms with Crippen LogP contribution in [0, 0.1) is 0 Å². The van der Waals surface area contributed by atoms with Gasteiger partial charge in [-0.25, -0.2) is 4.98 Å². The molecule has 0 saturated carbocycles. The number of thiophene rings is 1. The maximum Gasteiger partial charge on any atom is 0.208 e. The first-order valence-electron chi connectivity index (χ1n) is 6.63. The number of thioether (sulfide) groups is 1. The number of hydrogen-bond donors (Lipinski definition) is 1. The van der Waals surface area contributed by atoms with Gasteiger partial charge in [0.05, 0.1) is 7.11 Å². The molecule has 2 aromatic heterocycles. The molecule has 0 fully saturated rings. The molecule has 3 rings (SSSR count). The smallest absolute Gasteiger partial charge is 0.208 e. The number of ether oxygens (including phenoxy) is 1. The molecule has 1 N–H and O–H groups in total. The van der Waals surface area contributed by atoms with Gasteiger partial charge in [0.15, 0.2) is 0 Å². The van der Waals surface area contributed by atoms with Gasteiger partial charge >= 0.3 is 0 Å². The highest BCUT2D eigenvalue weighted by Crippen LogP contribution is 2.28. The average molecular weight is 352 g/mol. The SMILES string of the molecule is COc1ccc(Cl)cc1CSc1n[nH]c(Cc2cccs2)n1. The van der Waals surface area contributed by atoms with E-state index >= 15 is 0 Å². The molecule has 0 atom stereocenters. The Hall–Kier alpha value is -1.50. The lowest BCUT2D eigenvalue weighted by Crippen LogP contribution is -1.91. The zero-order valence-corrected chi connectivity index (χ0v) is 14.3. The Labute approximate surface area is 141 Å². The van der Waals surface area contributed by atoms with Gasteiger partial charge in [-0.05, 0) is 29.6 Å². The summed E-state index contributed by atoms with van der Waals surface area (Å²) in [5.41, 5.74) is 1.03. The van der Waals surface area contributed by atoms with E-state index in [-0.39, 0.29) is 0 Å². The second kappa shape index (κ2) is 7.17. The summed E-state index contributed by atoms with van der Waals surface area (Å²) >= 11 is 9.31. The fraction of sp³-hybridized carbons (Fsp3) is 0.200. The highest BCUT2D eigenvalue weighted by Gasteiger charge is 2.09. The third-order valence-corrected chi connectivity index (χ3v) is 5.04. The Morgan fingerprint density at radius 2 is 2.27 bits per heavy atom. The summed E-state index contributed by atoms with van der Waals surface area (Å²) in [6.07, 6.45) is 0.783. The summed E-state index contributed by atoms with van der Waals surface area (Å²) in [6, 6.07) is 9.74. The fourth-order valence-electron chi connectivity index (χ4n) is 2.00. The summed E-state index contributed by atoms with van der Waals surface area (Å²) in [6.45, 7) is 0. The molecule has 0 bridgehead atoms. The van der Waals surface area contributed by atoms with E-state index in [4.69, 9.17) is 16.3 Å². The molecule has 0 amide bonds. The van der Waals surface area contributed by atoms with E-state index < -0.39 is 0 Å². The lowest BCUT2D eigenvalue weighted by atomic mass is 10.2. The summed E-state index contributed by atoms with van der Waals surface area (Å²) in [7, 11) is 1.66. The first-order valence-corrected chi connectivity index (χ1v) is 8.88. The largest absolute Gasteiger partial charge is 0.496 e. The predicted octanol–water partition coefficient (Wildman–Crippen LogP) is 4.41. The Morgan fingerprint density at radius 1 is 1.36 bits per heavy atom. The van der Waals surface area contributed by atoms with Crippen LogP contribution in [0.2, 0.25) is 5.02 Å². The number of nitrogens with one attached hydrogen (secondary N) is 1. The Bertz CT molecular complexity index is 743. The minimum absolute atomic E-state index is 0.699. The zero-order chi connectivity index (χ0) is 15.4. The van der Waals surface area contributed by atoms with Crippen molar-refractivity contribution in [2.45, 2.75) is 17.3 Å². The van der Waals surface area contributed by atoms with Crippen LogP contribution in [0.1, 0.15) is 16.3 Å². The van der Waals surface area contributed by atoms with E-state index in [0.29, 0.717) is 10.8 Å². The minimum atomic E-state index is 0.699. The van der Waals surface area contributed by atoms with Crippen LogP contribution in [0.15, 0.2) is 40.9 Å². The number of halogens is 1. The molecule has 1 aromatic carbocycles. The molecule has 2 heterocycles. The van der Waals surface area contributed by atoms with Crippen molar-refractivity contribution in [1.29, 1.82) is 0 Å². The minimum Gasteiger partial charge on any atom is -0.496 e. The molecule has 22 heavy (non-hydrogen) atoms. The van der Waals surface area contributed by atoms with Crippen LogP contribution in [-0.2, 0) is 12.2 Å². The number of aromatic amines is 1. The molecule has 0 aliphatic heterocycles. The number of benzene rings is 1. The van der Waals surface area contributed by atoms with E-state index in [1.54, 1.807) is 30.2 Å². The Balaban J connectivity index is 1.64. The van der Waals surface area contributed by atoms with Crippen molar-refractivity contribution in [3.63, 3.8) is 0 Å². The third-order valence-electron chi connectivity index (χ3n) is 3.03. The molecule has 0 radical (unpaired) electrons. The first kappa shape index (κ1) is 15.4. The Kier molecular flexibility index (Phi) is 5.02. The third kappa shape index (κ3) is 3.82. The molecule has 0 unspecified atom stereocenters. The highest BCUT2D eigenvalue weighted by atomic mass is 35.5. The molecule has 0 spiro atoms. The van der Waals surface area contributed by atoms with Crippen LogP contribution < -0.4 is 4.74 Å². The van der Waals surface area contributed by atoms with Crippen LogP contribution in [0.5, 0.6) is 5.75 Å². The van der Waals surface area contributed by atoms with Gasteiger partial charge in [-0.3, -0.25) is 5.10 Å². The molecule has 114 valence electrons. The molecular formula is C15H14ClN3OS2. The molecule has 0 saturated heterocycles. The van der Waals surface area contributed by atoms with Gasteiger partial charge in [-0.15, -0.1) is 16.4 Å². The number of rotatable bonds is 6. The lowest BCUT2D eigenvalue weighted by Gasteiger charge is -2.07. The topological polar surface area (TPSA) is 50.8 Å². The van der Waals surface area contributed by atoms with Crippen molar-refractivity contribution in [3.8, 4) is 5.75 Å². The predicted molar refractivity (Wildman–Crippen MR) is 91.1 cm³/mol. The Morgan fingerprint density at radius 3 is 3.05 bits per heavy atom. The van der Waals surface area contributed by atoms with Gasteiger partial charge in [0.1, 0.15) is 11.6 Å². The van der Waals surface area contributed by atoms with Crippen molar-refractivity contribution in [2.75, 3.05) is 7.11 Å². The summed E-state index contributed by atoms with van der Waals surface area (Å²) in [5, 5.41) is 10.7. The van der Waals surface area contributed by atoms with Crippen molar-refractivity contribution in [3.05, 3.63) is 57.0 Å². The van der Waals surface area contributed by atoms with Crippen molar-refractivity contribution in [1.82, 2.24) is 15.2 Å². The van der Waals surface area contributed by atoms with E-state index in [1.807, 2.05) is 24.3 Å². The van der Waals surface area contributed by atoms with Gasteiger partial charge in [-0.2, -0.15) is 0 Å². The quantitative estimate of drug-likeness (QED) is 0.668. The number of methoxy groups -OCH3 is 1. The van der Waals surface area contributed by atoms with Crippen molar-refractivity contribution < 1.29 is 4.74 Å². The summed E-state index contributed by atoms with van der Waals surface area (Å²) in [4.78, 5) is 5.78. The van der Waals surface area contributed by atoms with E-state index in [1.165, 1.54) is 4.88 Å². The second-order valence-electron chi connectivity index (χ2n) is 4.57. The lowest BCUT2D eigenvalue weighted by molar-refractivity contribution is 0.411.